The largest absolute Gasteiger partial charge is 0.497 e. The first-order chi connectivity index (χ1) is 17.3. The summed E-state index contributed by atoms with van der Waals surface area (Å²) in [7, 11) is -2.24. The van der Waals surface area contributed by atoms with Crippen molar-refractivity contribution in [2.24, 2.45) is 5.92 Å². The number of hydrogen-bond acceptors (Lipinski definition) is 5. The Morgan fingerprint density at radius 2 is 1.50 bits per heavy atom. The Morgan fingerprint density at radius 3 is 2.08 bits per heavy atom. The molecule has 0 spiro atoms. The molecule has 4 aromatic rings. The first kappa shape index (κ1) is 25.5. The number of aromatic nitrogens is 2. The Labute approximate surface area is 213 Å². The van der Waals surface area contributed by atoms with Crippen molar-refractivity contribution in [3.8, 4) is 23.1 Å². The van der Waals surface area contributed by atoms with Gasteiger partial charge >= 0.3 is 0 Å². The number of para-hydroxylation sites is 2. The molecular formula is C28H31N3O4S. The van der Waals surface area contributed by atoms with Crippen LogP contribution < -0.4 is 9.47 Å². The van der Waals surface area contributed by atoms with Gasteiger partial charge in [0.2, 0.25) is 15.9 Å². The minimum atomic E-state index is -3.80. The van der Waals surface area contributed by atoms with E-state index in [2.05, 4.69) is 0 Å². The van der Waals surface area contributed by atoms with Crippen LogP contribution in [0.2, 0.25) is 0 Å². The first-order valence-electron chi connectivity index (χ1n) is 11.8. The highest BCUT2D eigenvalue weighted by Crippen LogP contribution is 2.33. The molecule has 0 saturated carbocycles. The van der Waals surface area contributed by atoms with E-state index in [-0.39, 0.29) is 17.4 Å². The van der Waals surface area contributed by atoms with Crippen LogP contribution in [-0.2, 0) is 16.6 Å². The molecule has 3 aromatic carbocycles. The van der Waals surface area contributed by atoms with E-state index in [9.17, 15) is 8.42 Å². The summed E-state index contributed by atoms with van der Waals surface area (Å²) in [6.45, 7) is 6.33. The second-order valence-electron chi connectivity index (χ2n) is 8.90. The topological polar surface area (TPSA) is 73.7 Å². The second-order valence-corrected chi connectivity index (χ2v) is 10.8. The molecular weight excluding hydrogens is 474 g/mol. The molecule has 36 heavy (non-hydrogen) atoms. The molecule has 188 valence electrons. The van der Waals surface area contributed by atoms with E-state index in [1.54, 1.807) is 36.1 Å². The number of methoxy groups -OCH3 is 1. The third kappa shape index (κ3) is 5.61. The number of benzene rings is 3. The molecule has 0 unspecified atom stereocenters. The van der Waals surface area contributed by atoms with Crippen LogP contribution in [0.1, 0.15) is 25.1 Å². The summed E-state index contributed by atoms with van der Waals surface area (Å²) >= 11 is 0. The van der Waals surface area contributed by atoms with Gasteiger partial charge in [0.05, 0.1) is 29.0 Å². The third-order valence-electron chi connectivity index (χ3n) is 5.70. The van der Waals surface area contributed by atoms with E-state index < -0.39 is 10.0 Å². The summed E-state index contributed by atoms with van der Waals surface area (Å²) in [6.07, 6.45) is 0. The maximum atomic E-state index is 13.7. The summed E-state index contributed by atoms with van der Waals surface area (Å²) in [5, 5.41) is 4.74. The van der Waals surface area contributed by atoms with Gasteiger partial charge in [0.1, 0.15) is 11.5 Å². The highest BCUT2D eigenvalue weighted by molar-refractivity contribution is 7.89. The maximum absolute atomic E-state index is 13.7. The fraction of sp³-hybridized carbons (Fsp3) is 0.250. The van der Waals surface area contributed by atoms with Crippen molar-refractivity contribution < 1.29 is 17.9 Å². The molecule has 0 aliphatic rings. The van der Waals surface area contributed by atoms with Gasteiger partial charge < -0.3 is 9.47 Å². The van der Waals surface area contributed by atoms with Crippen LogP contribution in [0.3, 0.4) is 0 Å². The molecule has 4 rings (SSSR count). The molecule has 0 fully saturated rings. The lowest BCUT2D eigenvalue weighted by Crippen LogP contribution is -2.34. The molecule has 0 N–H and O–H groups in total. The molecule has 0 bridgehead atoms. The Kier molecular flexibility index (Phi) is 7.76. The molecule has 0 amide bonds. The lowest BCUT2D eigenvalue weighted by atomic mass is 10.2. The number of sulfonamides is 1. The maximum Gasteiger partial charge on any atom is 0.243 e. The van der Waals surface area contributed by atoms with Gasteiger partial charge in [0, 0.05) is 13.1 Å². The van der Waals surface area contributed by atoms with Gasteiger partial charge in [-0.05, 0) is 61.4 Å². The van der Waals surface area contributed by atoms with Crippen LogP contribution in [0.25, 0.3) is 5.69 Å². The lowest BCUT2D eigenvalue weighted by Gasteiger charge is -2.24. The number of nitrogens with zero attached hydrogens (tertiary/aromatic N) is 3. The van der Waals surface area contributed by atoms with E-state index >= 15 is 0 Å². The summed E-state index contributed by atoms with van der Waals surface area (Å²) in [5.74, 6) is 1.84. The van der Waals surface area contributed by atoms with Crippen LogP contribution in [0.4, 0.5) is 0 Å². The monoisotopic (exact) mass is 505 g/mol. The summed E-state index contributed by atoms with van der Waals surface area (Å²) in [5.41, 5.74) is 2.23. The minimum Gasteiger partial charge on any atom is -0.497 e. The quantitative estimate of drug-likeness (QED) is 0.271. The van der Waals surface area contributed by atoms with Crippen LogP contribution in [0, 0.1) is 12.8 Å². The predicted octanol–water partition coefficient (Wildman–Crippen LogP) is 5.83. The average molecular weight is 506 g/mol. The van der Waals surface area contributed by atoms with Crippen molar-refractivity contribution in [2.45, 2.75) is 32.2 Å². The van der Waals surface area contributed by atoms with Crippen LogP contribution >= 0.6 is 0 Å². The Bertz CT molecular complexity index is 1380. The van der Waals surface area contributed by atoms with E-state index in [0.717, 1.165) is 5.69 Å². The fourth-order valence-corrected chi connectivity index (χ4v) is 5.47. The van der Waals surface area contributed by atoms with Gasteiger partial charge in [-0.15, -0.1) is 0 Å². The molecule has 1 aromatic heterocycles. The van der Waals surface area contributed by atoms with Crippen LogP contribution in [0.5, 0.6) is 17.4 Å². The zero-order valence-corrected chi connectivity index (χ0v) is 21.8. The minimum absolute atomic E-state index is 0.112. The van der Waals surface area contributed by atoms with Gasteiger partial charge in [-0.3, -0.25) is 0 Å². The van der Waals surface area contributed by atoms with E-state index in [1.807, 2.05) is 81.4 Å². The van der Waals surface area contributed by atoms with E-state index in [4.69, 9.17) is 14.6 Å². The standard InChI is InChI=1S/C28H31N3O4S/c1-21(2)19-30(36(32,33)26-17-15-24(34-4)16-18-26)20-27-22(3)29-31(23-11-7-5-8-12-23)28(27)35-25-13-9-6-10-14-25/h5-18,21H,19-20H2,1-4H3. The molecule has 0 atom stereocenters. The van der Waals surface area contributed by atoms with Crippen molar-refractivity contribution >= 4 is 10.0 Å². The van der Waals surface area contributed by atoms with Crippen LogP contribution in [-0.4, -0.2) is 36.2 Å². The molecule has 7 nitrogen and oxygen atoms in total. The van der Waals surface area contributed by atoms with Crippen LogP contribution in [0.15, 0.2) is 89.8 Å². The van der Waals surface area contributed by atoms with E-state index in [1.165, 1.54) is 4.31 Å². The zero-order chi connectivity index (χ0) is 25.7. The molecule has 0 saturated heterocycles. The van der Waals surface area contributed by atoms with Gasteiger partial charge in [0.25, 0.3) is 0 Å². The summed E-state index contributed by atoms with van der Waals surface area (Å²) in [4.78, 5) is 0.211. The van der Waals surface area contributed by atoms with Gasteiger partial charge in [-0.1, -0.05) is 50.2 Å². The van der Waals surface area contributed by atoms with E-state index in [0.29, 0.717) is 35.2 Å². The van der Waals surface area contributed by atoms with Gasteiger partial charge in [-0.25, -0.2) is 13.1 Å². The highest BCUT2D eigenvalue weighted by atomic mass is 32.2. The number of ether oxygens (including phenoxy) is 2. The van der Waals surface area contributed by atoms with Crippen molar-refractivity contribution in [3.05, 3.63) is 96.2 Å². The Morgan fingerprint density at radius 1 is 0.889 bits per heavy atom. The second kappa shape index (κ2) is 11.0. The number of hydrogen-bond donors (Lipinski definition) is 0. The molecule has 8 heteroatoms. The molecule has 0 radical (unpaired) electrons. The molecule has 1 heterocycles. The Hall–Kier alpha value is -3.62. The smallest absolute Gasteiger partial charge is 0.243 e. The number of aryl methyl sites for hydroxylation is 1. The van der Waals surface area contributed by atoms with Gasteiger partial charge in [0.15, 0.2) is 0 Å². The predicted molar refractivity (Wildman–Crippen MR) is 140 cm³/mol. The van der Waals surface area contributed by atoms with Crippen molar-refractivity contribution in [1.82, 2.24) is 14.1 Å². The summed E-state index contributed by atoms with van der Waals surface area (Å²) in [6, 6.07) is 25.6. The van der Waals surface area contributed by atoms with Crippen molar-refractivity contribution in [1.29, 1.82) is 0 Å². The normalized spacial score (nSPS) is 11.7. The first-order valence-corrected chi connectivity index (χ1v) is 13.2. The lowest BCUT2D eigenvalue weighted by molar-refractivity contribution is 0.354. The average Bonchev–Trinajstić information content (AvgIpc) is 3.19. The molecule has 0 aliphatic carbocycles. The highest BCUT2D eigenvalue weighted by Gasteiger charge is 2.29. The fourth-order valence-electron chi connectivity index (χ4n) is 3.90. The molecule has 0 aliphatic heterocycles. The van der Waals surface area contributed by atoms with Crippen molar-refractivity contribution in [2.75, 3.05) is 13.7 Å². The summed E-state index contributed by atoms with van der Waals surface area (Å²) < 4.78 is 42.2. The zero-order valence-electron chi connectivity index (χ0n) is 21.0. The SMILES string of the molecule is COc1ccc(S(=O)(=O)N(Cc2c(C)nn(-c3ccccc3)c2Oc2ccccc2)CC(C)C)cc1. The van der Waals surface area contributed by atoms with Crippen molar-refractivity contribution in [3.63, 3.8) is 0 Å². The number of rotatable bonds is 10. The Balaban J connectivity index is 1.79. The third-order valence-corrected chi connectivity index (χ3v) is 7.52. The van der Waals surface area contributed by atoms with Gasteiger partial charge in [-0.2, -0.15) is 9.40 Å².